The fraction of sp³-hybridized carbons (Fsp3) is 0.429. The summed E-state index contributed by atoms with van der Waals surface area (Å²) in [6.45, 7) is 4.55. The van der Waals surface area contributed by atoms with Gasteiger partial charge in [0, 0.05) is 5.41 Å². The highest BCUT2D eigenvalue weighted by molar-refractivity contribution is 5.41. The third-order valence-corrected chi connectivity index (χ3v) is 3.67. The van der Waals surface area contributed by atoms with E-state index in [1.54, 1.807) is 7.11 Å². The Kier molecular flexibility index (Phi) is 2.56. The van der Waals surface area contributed by atoms with Crippen molar-refractivity contribution < 1.29 is 4.74 Å². The average molecular weight is 202 g/mol. The molecule has 0 aliphatic heterocycles. The van der Waals surface area contributed by atoms with Gasteiger partial charge in [0.05, 0.1) is 7.11 Å². The van der Waals surface area contributed by atoms with Crippen molar-refractivity contribution >= 4 is 0 Å². The predicted molar refractivity (Wildman–Crippen MR) is 63.3 cm³/mol. The van der Waals surface area contributed by atoms with Gasteiger partial charge in [0.2, 0.25) is 0 Å². The van der Waals surface area contributed by atoms with Gasteiger partial charge in [-0.15, -0.1) is 0 Å². The third-order valence-electron chi connectivity index (χ3n) is 3.67. The number of allylic oxidation sites excluding steroid dienone is 2. The number of rotatable bonds is 2. The van der Waals surface area contributed by atoms with Crippen LogP contribution in [0.25, 0.3) is 0 Å². The molecule has 1 aliphatic rings. The summed E-state index contributed by atoms with van der Waals surface area (Å²) < 4.78 is 5.28. The van der Waals surface area contributed by atoms with Crippen molar-refractivity contribution in [2.75, 3.05) is 7.11 Å². The maximum absolute atomic E-state index is 5.28. The summed E-state index contributed by atoms with van der Waals surface area (Å²) in [5.41, 5.74) is 3.07. The van der Waals surface area contributed by atoms with Crippen molar-refractivity contribution in [3.8, 4) is 5.75 Å². The second-order valence-electron chi connectivity index (χ2n) is 4.49. The SMILES string of the molecule is COc1cccc(C2(C)CCC=C2C)c1. The Labute approximate surface area is 91.8 Å². The highest BCUT2D eigenvalue weighted by Gasteiger charge is 2.31. The number of hydrogen-bond donors (Lipinski definition) is 0. The number of hydrogen-bond acceptors (Lipinski definition) is 1. The van der Waals surface area contributed by atoms with Crippen LogP contribution in [0.3, 0.4) is 0 Å². The Morgan fingerprint density at radius 1 is 1.33 bits per heavy atom. The van der Waals surface area contributed by atoms with Crippen molar-refractivity contribution in [3.05, 3.63) is 41.5 Å². The van der Waals surface area contributed by atoms with E-state index in [-0.39, 0.29) is 5.41 Å². The molecule has 80 valence electrons. The number of methoxy groups -OCH3 is 1. The number of ether oxygens (including phenoxy) is 1. The van der Waals surface area contributed by atoms with Crippen LogP contribution in [0.15, 0.2) is 35.9 Å². The lowest BCUT2D eigenvalue weighted by Gasteiger charge is -2.27. The van der Waals surface area contributed by atoms with Gasteiger partial charge >= 0.3 is 0 Å². The topological polar surface area (TPSA) is 9.23 Å². The van der Waals surface area contributed by atoms with Crippen LogP contribution < -0.4 is 4.74 Å². The molecule has 1 nitrogen and oxygen atoms in total. The van der Waals surface area contributed by atoms with Crippen LogP contribution in [0.2, 0.25) is 0 Å². The highest BCUT2D eigenvalue weighted by atomic mass is 16.5. The van der Waals surface area contributed by atoms with Crippen LogP contribution in [0, 0.1) is 0 Å². The van der Waals surface area contributed by atoms with E-state index >= 15 is 0 Å². The first-order chi connectivity index (χ1) is 7.16. The maximum Gasteiger partial charge on any atom is 0.119 e. The molecule has 0 saturated carbocycles. The molecule has 0 radical (unpaired) electrons. The molecule has 1 unspecified atom stereocenters. The van der Waals surface area contributed by atoms with Gasteiger partial charge in [-0.25, -0.2) is 0 Å². The summed E-state index contributed by atoms with van der Waals surface area (Å²) >= 11 is 0. The van der Waals surface area contributed by atoms with Crippen molar-refractivity contribution in [1.82, 2.24) is 0 Å². The van der Waals surface area contributed by atoms with Crippen LogP contribution in [0.5, 0.6) is 5.75 Å². The Morgan fingerprint density at radius 2 is 2.13 bits per heavy atom. The Hall–Kier alpha value is -1.24. The first kappa shape index (κ1) is 10.3. The molecule has 0 heterocycles. The molecule has 1 aromatic carbocycles. The summed E-state index contributed by atoms with van der Waals surface area (Å²) in [6.07, 6.45) is 4.75. The lowest BCUT2D eigenvalue weighted by molar-refractivity contribution is 0.412. The molecule has 15 heavy (non-hydrogen) atoms. The normalized spacial score (nSPS) is 25.1. The first-order valence-corrected chi connectivity index (χ1v) is 5.48. The Morgan fingerprint density at radius 3 is 2.73 bits per heavy atom. The molecular weight excluding hydrogens is 184 g/mol. The second kappa shape index (κ2) is 3.73. The first-order valence-electron chi connectivity index (χ1n) is 5.48. The fourth-order valence-corrected chi connectivity index (χ4v) is 2.34. The average Bonchev–Trinajstić information content (AvgIpc) is 2.61. The van der Waals surface area contributed by atoms with E-state index in [2.05, 4.69) is 38.1 Å². The van der Waals surface area contributed by atoms with Gasteiger partial charge < -0.3 is 4.74 Å². The monoisotopic (exact) mass is 202 g/mol. The van der Waals surface area contributed by atoms with E-state index in [1.807, 2.05) is 6.07 Å². The van der Waals surface area contributed by atoms with E-state index in [0.29, 0.717) is 0 Å². The second-order valence-corrected chi connectivity index (χ2v) is 4.49. The van der Waals surface area contributed by atoms with Gasteiger partial charge in [0.1, 0.15) is 5.75 Å². The van der Waals surface area contributed by atoms with Crippen molar-refractivity contribution in [1.29, 1.82) is 0 Å². The molecule has 0 saturated heterocycles. The molecular formula is C14H18O. The maximum atomic E-state index is 5.28. The molecule has 0 bridgehead atoms. The molecule has 0 spiro atoms. The van der Waals surface area contributed by atoms with E-state index < -0.39 is 0 Å². The fourth-order valence-electron chi connectivity index (χ4n) is 2.34. The molecule has 1 aromatic rings. The molecule has 0 aromatic heterocycles. The highest BCUT2D eigenvalue weighted by Crippen LogP contribution is 2.41. The zero-order valence-corrected chi connectivity index (χ0v) is 9.71. The summed E-state index contributed by atoms with van der Waals surface area (Å²) in [4.78, 5) is 0. The zero-order valence-electron chi connectivity index (χ0n) is 9.71. The van der Waals surface area contributed by atoms with Crippen molar-refractivity contribution in [2.24, 2.45) is 0 Å². The molecule has 1 heteroatoms. The Balaban J connectivity index is 2.40. The quantitative estimate of drug-likeness (QED) is 0.664. The van der Waals surface area contributed by atoms with Gasteiger partial charge in [-0.3, -0.25) is 0 Å². The summed E-state index contributed by atoms with van der Waals surface area (Å²) in [6, 6.07) is 8.43. The van der Waals surface area contributed by atoms with Crippen LogP contribution >= 0.6 is 0 Å². The van der Waals surface area contributed by atoms with Gasteiger partial charge in [-0.1, -0.05) is 30.7 Å². The predicted octanol–water partition coefficient (Wildman–Crippen LogP) is 3.69. The van der Waals surface area contributed by atoms with E-state index in [9.17, 15) is 0 Å². The molecule has 1 atom stereocenters. The summed E-state index contributed by atoms with van der Waals surface area (Å²) in [5.74, 6) is 0.952. The third kappa shape index (κ3) is 1.67. The largest absolute Gasteiger partial charge is 0.497 e. The zero-order chi connectivity index (χ0) is 10.9. The van der Waals surface area contributed by atoms with Gasteiger partial charge in [-0.2, -0.15) is 0 Å². The van der Waals surface area contributed by atoms with Gasteiger partial charge in [0.25, 0.3) is 0 Å². The van der Waals surface area contributed by atoms with Crippen LogP contribution in [0.1, 0.15) is 32.3 Å². The molecule has 0 amide bonds. The van der Waals surface area contributed by atoms with E-state index in [0.717, 1.165) is 5.75 Å². The molecule has 1 aliphatic carbocycles. The van der Waals surface area contributed by atoms with Crippen molar-refractivity contribution in [2.45, 2.75) is 32.1 Å². The van der Waals surface area contributed by atoms with Crippen LogP contribution in [-0.4, -0.2) is 7.11 Å². The molecule has 0 fully saturated rings. The lowest BCUT2D eigenvalue weighted by atomic mass is 9.77. The Bertz CT molecular complexity index is 392. The minimum Gasteiger partial charge on any atom is -0.497 e. The van der Waals surface area contributed by atoms with E-state index in [4.69, 9.17) is 4.74 Å². The molecule has 0 N–H and O–H groups in total. The van der Waals surface area contributed by atoms with Crippen LogP contribution in [-0.2, 0) is 5.41 Å². The van der Waals surface area contributed by atoms with Crippen LogP contribution in [0.4, 0.5) is 0 Å². The standard InChI is InChI=1S/C14H18O/c1-11-6-5-9-14(11,2)12-7-4-8-13(10-12)15-3/h4,6-8,10H,5,9H2,1-3H3. The number of benzene rings is 1. The van der Waals surface area contributed by atoms with Gasteiger partial charge in [-0.05, 0) is 37.5 Å². The molecule has 2 rings (SSSR count). The summed E-state index contributed by atoms with van der Waals surface area (Å²) in [7, 11) is 1.72. The van der Waals surface area contributed by atoms with Crippen molar-refractivity contribution in [3.63, 3.8) is 0 Å². The summed E-state index contributed by atoms with van der Waals surface area (Å²) in [5, 5.41) is 0. The smallest absolute Gasteiger partial charge is 0.119 e. The van der Waals surface area contributed by atoms with Gasteiger partial charge in [0.15, 0.2) is 0 Å². The van der Waals surface area contributed by atoms with E-state index in [1.165, 1.54) is 24.0 Å². The minimum atomic E-state index is 0.217. The lowest BCUT2D eigenvalue weighted by Crippen LogP contribution is -2.19. The minimum absolute atomic E-state index is 0.217.